The molecule has 1 aromatic rings. The molecule has 0 bridgehead atoms. The molecule has 5 nitrogen and oxygen atoms in total. The van der Waals surface area contributed by atoms with Crippen molar-refractivity contribution in [2.45, 2.75) is 96.2 Å². The first kappa shape index (κ1) is 24.1. The number of benzene rings is 1. The predicted octanol–water partition coefficient (Wildman–Crippen LogP) is 5.96. The summed E-state index contributed by atoms with van der Waals surface area (Å²) in [5.41, 5.74) is 2.55. The predicted molar refractivity (Wildman–Crippen MR) is 130 cm³/mol. The minimum atomic E-state index is -3.78. The highest BCUT2D eigenvalue weighted by Crippen LogP contribution is 2.65. The molecule has 6 heteroatoms. The van der Waals surface area contributed by atoms with Crippen molar-refractivity contribution in [2.75, 3.05) is 0 Å². The molecule has 0 aliphatic heterocycles. The Bertz CT molecular complexity index is 1090. The Morgan fingerprint density at radius 1 is 1.00 bits per heavy atom. The molecule has 4 aliphatic rings. The fraction of sp³-hybridized carbons (Fsp3) is 0.679. The lowest BCUT2D eigenvalue weighted by Gasteiger charge is -2.57. The summed E-state index contributed by atoms with van der Waals surface area (Å²) in [6.45, 7) is 8.15. The smallest absolute Gasteiger partial charge is 0.302 e. The first-order chi connectivity index (χ1) is 16.0. The molecule has 0 heterocycles. The number of aryl methyl sites for hydroxylation is 1. The van der Waals surface area contributed by atoms with E-state index in [2.05, 4.69) is 19.9 Å². The molecule has 7 atom stereocenters. The Hall–Kier alpha value is -1.66. The summed E-state index contributed by atoms with van der Waals surface area (Å²) in [4.78, 5) is 11.7. The maximum atomic E-state index is 13.1. The Labute approximate surface area is 204 Å². The lowest BCUT2D eigenvalue weighted by molar-refractivity contribution is -0.148. The summed E-state index contributed by atoms with van der Waals surface area (Å²) >= 11 is 0. The lowest BCUT2D eigenvalue weighted by Crippen LogP contribution is -2.51. The third-order valence-corrected chi connectivity index (χ3v) is 11.2. The van der Waals surface area contributed by atoms with Crippen molar-refractivity contribution >= 4 is 16.1 Å². The molecule has 3 saturated carbocycles. The molecular formula is C28H38O5S. The standard InChI is InChI=1S/C28H38O5S/c1-18-5-8-22(9-6-18)34(30,31)33-26-12-11-24-23-10-7-20-17-21(32-19(2)29)13-15-27(20,3)25(23)14-16-28(24,26)4/h5-9,21,23-26H,10-17H2,1-4H3. The third-order valence-electron chi connectivity index (χ3n) is 9.86. The molecule has 0 N–H and O–H groups in total. The van der Waals surface area contributed by atoms with Gasteiger partial charge in [0, 0.05) is 13.3 Å². The number of hydrogen-bond donors (Lipinski definition) is 0. The summed E-state index contributed by atoms with van der Waals surface area (Å²) in [6, 6.07) is 6.94. The van der Waals surface area contributed by atoms with Crippen molar-refractivity contribution in [1.29, 1.82) is 0 Å². The van der Waals surface area contributed by atoms with E-state index >= 15 is 0 Å². The van der Waals surface area contributed by atoms with Crippen molar-refractivity contribution in [3.63, 3.8) is 0 Å². The molecule has 3 fully saturated rings. The van der Waals surface area contributed by atoms with Crippen molar-refractivity contribution in [3.8, 4) is 0 Å². The van der Waals surface area contributed by atoms with Gasteiger partial charge in [-0.1, -0.05) is 43.2 Å². The fourth-order valence-corrected chi connectivity index (χ4v) is 9.19. The van der Waals surface area contributed by atoms with Gasteiger partial charge in [-0.2, -0.15) is 8.42 Å². The van der Waals surface area contributed by atoms with Crippen LogP contribution >= 0.6 is 0 Å². The lowest BCUT2D eigenvalue weighted by atomic mass is 9.48. The number of carbonyl (C=O) groups excluding carboxylic acids is 1. The highest BCUT2D eigenvalue weighted by Gasteiger charge is 2.59. The number of fused-ring (bicyclic) bond motifs is 5. The van der Waals surface area contributed by atoms with E-state index in [0.717, 1.165) is 56.9 Å². The molecule has 0 saturated heterocycles. The Kier molecular flexibility index (Phi) is 6.00. The van der Waals surface area contributed by atoms with Gasteiger partial charge in [0.25, 0.3) is 10.1 Å². The van der Waals surface area contributed by atoms with Gasteiger partial charge in [-0.05, 0) is 92.6 Å². The summed E-state index contributed by atoms with van der Waals surface area (Å²) < 4.78 is 37.7. The van der Waals surface area contributed by atoms with Gasteiger partial charge >= 0.3 is 5.97 Å². The normalized spacial score (nSPS) is 39.4. The molecule has 0 radical (unpaired) electrons. The topological polar surface area (TPSA) is 69.7 Å². The van der Waals surface area contributed by atoms with Crippen LogP contribution in [0.4, 0.5) is 0 Å². The van der Waals surface area contributed by atoms with E-state index in [1.165, 1.54) is 12.5 Å². The van der Waals surface area contributed by atoms with E-state index in [-0.39, 0.29) is 33.9 Å². The molecule has 1 aromatic carbocycles. The highest BCUT2D eigenvalue weighted by molar-refractivity contribution is 7.86. The summed E-state index contributed by atoms with van der Waals surface area (Å²) in [7, 11) is -3.78. The van der Waals surface area contributed by atoms with Gasteiger partial charge in [-0.15, -0.1) is 0 Å². The molecule has 7 unspecified atom stereocenters. The zero-order valence-electron chi connectivity index (χ0n) is 20.9. The third kappa shape index (κ3) is 3.95. The van der Waals surface area contributed by atoms with Crippen molar-refractivity contribution in [2.24, 2.45) is 28.6 Å². The minimum absolute atomic E-state index is 0.0125. The van der Waals surface area contributed by atoms with Crippen LogP contribution in [0.15, 0.2) is 40.8 Å². The van der Waals surface area contributed by atoms with Gasteiger partial charge in [-0.25, -0.2) is 0 Å². The molecular weight excluding hydrogens is 448 g/mol. The number of rotatable bonds is 4. The van der Waals surface area contributed by atoms with Crippen LogP contribution in [0, 0.1) is 35.5 Å². The van der Waals surface area contributed by atoms with E-state index < -0.39 is 10.1 Å². The van der Waals surface area contributed by atoms with E-state index in [0.29, 0.717) is 17.8 Å². The fourth-order valence-electron chi connectivity index (χ4n) is 7.99. The molecule has 0 aromatic heterocycles. The number of allylic oxidation sites excluding steroid dienone is 1. The average Bonchev–Trinajstić information content (AvgIpc) is 3.09. The summed E-state index contributed by atoms with van der Waals surface area (Å²) in [5, 5.41) is 0. The zero-order valence-corrected chi connectivity index (χ0v) is 21.7. The van der Waals surface area contributed by atoms with Gasteiger partial charge in [0.2, 0.25) is 0 Å². The van der Waals surface area contributed by atoms with Crippen LogP contribution in [0.2, 0.25) is 0 Å². The van der Waals surface area contributed by atoms with Crippen LogP contribution in [-0.4, -0.2) is 26.6 Å². The van der Waals surface area contributed by atoms with Gasteiger partial charge in [0.1, 0.15) is 6.10 Å². The number of esters is 1. The van der Waals surface area contributed by atoms with E-state index in [4.69, 9.17) is 8.92 Å². The monoisotopic (exact) mass is 486 g/mol. The van der Waals surface area contributed by atoms with Crippen molar-refractivity contribution in [1.82, 2.24) is 0 Å². The van der Waals surface area contributed by atoms with E-state index in [9.17, 15) is 13.2 Å². The SMILES string of the molecule is CC(=O)OC1CCC2(C)C(=CCC3C2CCC2(C)C(OS(=O)(=O)c4ccc(C)cc4)CCC32)C1. The van der Waals surface area contributed by atoms with Crippen molar-refractivity contribution < 1.29 is 22.1 Å². The molecule has 0 spiro atoms. The van der Waals surface area contributed by atoms with Crippen LogP contribution in [-0.2, 0) is 23.8 Å². The zero-order chi connectivity index (χ0) is 24.3. The minimum Gasteiger partial charge on any atom is -0.462 e. The average molecular weight is 487 g/mol. The van der Waals surface area contributed by atoms with E-state index in [1.54, 1.807) is 12.1 Å². The van der Waals surface area contributed by atoms with Crippen LogP contribution < -0.4 is 0 Å². The maximum Gasteiger partial charge on any atom is 0.302 e. The highest BCUT2D eigenvalue weighted by atomic mass is 32.2. The second-order valence-corrected chi connectivity index (χ2v) is 13.3. The molecule has 0 amide bonds. The number of hydrogen-bond acceptors (Lipinski definition) is 5. The largest absolute Gasteiger partial charge is 0.462 e. The molecule has 186 valence electrons. The Morgan fingerprint density at radius 2 is 1.74 bits per heavy atom. The Balaban J connectivity index is 1.35. The maximum absolute atomic E-state index is 13.1. The van der Waals surface area contributed by atoms with E-state index in [1.807, 2.05) is 19.1 Å². The summed E-state index contributed by atoms with van der Waals surface area (Å²) in [5.74, 6) is 1.46. The van der Waals surface area contributed by atoms with Gasteiger partial charge in [0.05, 0.1) is 11.0 Å². The van der Waals surface area contributed by atoms with Gasteiger partial charge < -0.3 is 4.74 Å². The van der Waals surface area contributed by atoms with Gasteiger partial charge in [-0.3, -0.25) is 8.98 Å². The van der Waals surface area contributed by atoms with Crippen LogP contribution in [0.25, 0.3) is 0 Å². The second-order valence-electron chi connectivity index (χ2n) is 11.7. The van der Waals surface area contributed by atoms with Crippen LogP contribution in [0.1, 0.15) is 77.7 Å². The Morgan fingerprint density at radius 3 is 2.44 bits per heavy atom. The number of ether oxygens (including phenoxy) is 1. The van der Waals surface area contributed by atoms with Gasteiger partial charge in [0.15, 0.2) is 0 Å². The molecule has 4 aliphatic carbocycles. The van der Waals surface area contributed by atoms with Crippen LogP contribution in [0.3, 0.4) is 0 Å². The molecule has 5 rings (SSSR count). The number of carbonyl (C=O) groups is 1. The quantitative estimate of drug-likeness (QED) is 0.298. The van der Waals surface area contributed by atoms with Crippen molar-refractivity contribution in [3.05, 3.63) is 41.5 Å². The molecule has 34 heavy (non-hydrogen) atoms. The first-order valence-corrected chi connectivity index (χ1v) is 14.3. The second kappa shape index (κ2) is 8.48. The first-order valence-electron chi connectivity index (χ1n) is 12.9. The summed E-state index contributed by atoms with van der Waals surface area (Å²) in [6.07, 6.45) is 10.0. The van der Waals surface area contributed by atoms with Crippen LogP contribution in [0.5, 0.6) is 0 Å².